The van der Waals surface area contributed by atoms with Crippen molar-refractivity contribution in [2.75, 3.05) is 38.2 Å². The first kappa shape index (κ1) is 33.1. The smallest absolute Gasteiger partial charge is 0.261 e. The highest BCUT2D eigenvalue weighted by atomic mass is 32.1. The lowest BCUT2D eigenvalue weighted by atomic mass is 9.64. The molecular formula is C36H38FN7O6S. The van der Waals surface area contributed by atoms with E-state index in [9.17, 15) is 23.9 Å². The van der Waals surface area contributed by atoms with Gasteiger partial charge >= 0.3 is 0 Å². The van der Waals surface area contributed by atoms with E-state index in [0.29, 0.717) is 90.7 Å². The lowest BCUT2D eigenvalue weighted by Crippen LogP contribution is -2.58. The van der Waals surface area contributed by atoms with Crippen LogP contribution >= 0.6 is 11.3 Å². The van der Waals surface area contributed by atoms with Crippen LogP contribution in [-0.2, 0) is 17.8 Å². The SMILES string of the molecule is CCc1c(N2CCN(C(=O)c3c(O)ccc4ncoc34)CC2)c(=O)c2nc(-c3ccnc(OC)c3)sc2n1CC(=O)NC12CCC(F)(CC1)CC2. The number of nitrogens with zero attached hydrogens (tertiary/aromatic N) is 6. The molecule has 1 saturated heterocycles. The number of thiazole rings is 1. The molecule has 1 aliphatic heterocycles. The number of benzene rings is 1. The van der Waals surface area contributed by atoms with E-state index in [4.69, 9.17) is 14.1 Å². The van der Waals surface area contributed by atoms with Gasteiger partial charge < -0.3 is 33.9 Å². The van der Waals surface area contributed by atoms with Gasteiger partial charge in [-0.1, -0.05) is 18.3 Å². The number of oxazole rings is 1. The highest BCUT2D eigenvalue weighted by molar-refractivity contribution is 7.21. The first-order chi connectivity index (χ1) is 24.6. The number of aromatic nitrogens is 4. The maximum Gasteiger partial charge on any atom is 0.261 e. The maximum absolute atomic E-state index is 14.9. The highest BCUT2D eigenvalue weighted by Gasteiger charge is 2.49. The van der Waals surface area contributed by atoms with Gasteiger partial charge in [-0.15, -0.1) is 0 Å². The fourth-order valence-electron chi connectivity index (χ4n) is 7.99. The molecule has 266 valence electrons. The largest absolute Gasteiger partial charge is 0.507 e. The van der Waals surface area contributed by atoms with E-state index < -0.39 is 11.2 Å². The molecule has 0 unspecified atom stereocenters. The number of amides is 2. The van der Waals surface area contributed by atoms with Gasteiger partial charge in [0.15, 0.2) is 12.0 Å². The fraction of sp³-hybridized carbons (Fsp3) is 0.444. The third-order valence-corrected chi connectivity index (χ3v) is 12.0. The van der Waals surface area contributed by atoms with Gasteiger partial charge in [-0.25, -0.2) is 19.3 Å². The zero-order valence-electron chi connectivity index (χ0n) is 28.4. The number of aromatic hydroxyl groups is 1. The van der Waals surface area contributed by atoms with Crippen molar-refractivity contribution in [1.82, 2.24) is 29.7 Å². The van der Waals surface area contributed by atoms with Gasteiger partial charge in [0.25, 0.3) is 5.91 Å². The van der Waals surface area contributed by atoms with Crippen LogP contribution in [0, 0.1) is 0 Å². The molecule has 2 bridgehead atoms. The molecule has 0 atom stereocenters. The number of methoxy groups -OCH3 is 1. The number of halogens is 1. The van der Waals surface area contributed by atoms with Gasteiger partial charge in [-0.3, -0.25) is 14.4 Å². The maximum atomic E-state index is 14.9. The lowest BCUT2D eigenvalue weighted by molar-refractivity contribution is -0.126. The van der Waals surface area contributed by atoms with Crippen LogP contribution in [0.2, 0.25) is 0 Å². The quantitative estimate of drug-likeness (QED) is 0.228. The summed E-state index contributed by atoms with van der Waals surface area (Å²) in [5.41, 5.74) is 1.09. The van der Waals surface area contributed by atoms with Crippen LogP contribution in [0.5, 0.6) is 11.6 Å². The second-order valence-corrected chi connectivity index (χ2v) is 14.7. The molecule has 5 heterocycles. The van der Waals surface area contributed by atoms with Crippen LogP contribution in [0.1, 0.15) is 61.5 Å². The van der Waals surface area contributed by atoms with Crippen molar-refractivity contribution >= 4 is 50.3 Å². The molecular weight excluding hydrogens is 678 g/mol. The number of nitrogens with one attached hydrogen (secondary N) is 1. The number of phenolic OH excluding ortho intramolecular Hbond substituents is 1. The third kappa shape index (κ3) is 5.76. The van der Waals surface area contributed by atoms with Gasteiger partial charge in [0, 0.05) is 55.2 Å². The highest BCUT2D eigenvalue weighted by Crippen LogP contribution is 2.49. The number of carbonyl (C=O) groups excluding carboxylic acids is 2. The zero-order chi connectivity index (χ0) is 35.5. The van der Waals surface area contributed by atoms with E-state index in [2.05, 4.69) is 15.3 Å². The summed E-state index contributed by atoms with van der Waals surface area (Å²) in [5.74, 6) is -0.358. The van der Waals surface area contributed by atoms with Gasteiger partial charge in [0.05, 0.1) is 7.11 Å². The number of piperazine rings is 1. The van der Waals surface area contributed by atoms with E-state index in [1.165, 1.54) is 30.9 Å². The predicted octanol–water partition coefficient (Wildman–Crippen LogP) is 4.83. The third-order valence-electron chi connectivity index (χ3n) is 10.8. The molecule has 4 aromatic heterocycles. The standard InChI is InChI=1S/C36H38FN7O6S/c1-3-23-29(42-14-16-43(17-15-42)33(48)27-24(45)5-4-22-31(27)50-20-39-22)30(47)28-34(51-32(40-28)21-6-13-38-26(18-21)49-2)44(23)19-25(46)41-36-10-7-35(37,8-11-36)9-12-36/h4-6,13,18,20,45H,3,7-12,14-17,19H2,1-2H3,(H,41,46). The van der Waals surface area contributed by atoms with Crippen molar-refractivity contribution < 1.29 is 28.2 Å². The van der Waals surface area contributed by atoms with Crippen molar-refractivity contribution in [3.63, 3.8) is 0 Å². The first-order valence-corrected chi connectivity index (χ1v) is 18.1. The molecule has 51 heavy (non-hydrogen) atoms. The van der Waals surface area contributed by atoms with Gasteiger partial charge in [-0.2, -0.15) is 0 Å². The molecule has 9 rings (SSSR count). The van der Waals surface area contributed by atoms with Gasteiger partial charge in [-0.05, 0) is 63.1 Å². The lowest BCUT2D eigenvalue weighted by Gasteiger charge is -2.50. The number of pyridine rings is 2. The number of phenols is 1. The Hall–Kier alpha value is -5.05. The summed E-state index contributed by atoms with van der Waals surface area (Å²) >= 11 is 1.33. The van der Waals surface area contributed by atoms with Crippen LogP contribution in [0.3, 0.4) is 0 Å². The number of alkyl halides is 1. The van der Waals surface area contributed by atoms with E-state index >= 15 is 0 Å². The second kappa shape index (κ2) is 12.6. The molecule has 1 aromatic carbocycles. The second-order valence-electron chi connectivity index (χ2n) is 13.7. The topological polar surface area (TPSA) is 156 Å². The molecule has 4 fully saturated rings. The van der Waals surface area contributed by atoms with Crippen LogP contribution in [0.4, 0.5) is 10.1 Å². The summed E-state index contributed by atoms with van der Waals surface area (Å²) in [6.07, 6.45) is 6.51. The van der Waals surface area contributed by atoms with Crippen molar-refractivity contribution in [2.24, 2.45) is 0 Å². The Morgan fingerprint density at radius 2 is 1.82 bits per heavy atom. The summed E-state index contributed by atoms with van der Waals surface area (Å²) in [4.78, 5) is 59.3. The van der Waals surface area contributed by atoms with Crippen molar-refractivity contribution in [1.29, 1.82) is 0 Å². The van der Waals surface area contributed by atoms with Crippen LogP contribution in [0.15, 0.2) is 46.1 Å². The molecule has 2 amide bonds. The van der Waals surface area contributed by atoms with Gasteiger partial charge in [0.1, 0.15) is 50.1 Å². The normalized spacial score (nSPS) is 21.8. The van der Waals surface area contributed by atoms with E-state index in [1.54, 1.807) is 29.3 Å². The van der Waals surface area contributed by atoms with E-state index in [-0.39, 0.29) is 59.3 Å². The minimum absolute atomic E-state index is 0.0321. The first-order valence-electron chi connectivity index (χ1n) is 17.3. The van der Waals surface area contributed by atoms with Crippen LogP contribution < -0.4 is 20.4 Å². The molecule has 13 nitrogen and oxygen atoms in total. The molecule has 5 aromatic rings. The Morgan fingerprint density at radius 1 is 1.08 bits per heavy atom. The van der Waals surface area contributed by atoms with Gasteiger partial charge in [0.2, 0.25) is 17.2 Å². The Kier molecular flexibility index (Phi) is 8.19. The van der Waals surface area contributed by atoms with E-state index in [0.717, 1.165) is 5.56 Å². The summed E-state index contributed by atoms with van der Waals surface area (Å²) in [6.45, 7) is 3.16. The minimum Gasteiger partial charge on any atom is -0.507 e. The van der Waals surface area contributed by atoms with Crippen LogP contribution in [0.25, 0.3) is 32.0 Å². The van der Waals surface area contributed by atoms with E-state index in [1.807, 2.05) is 16.4 Å². The minimum atomic E-state index is -1.12. The number of rotatable bonds is 8. The number of hydrogen-bond acceptors (Lipinski definition) is 11. The van der Waals surface area contributed by atoms with Crippen LogP contribution in [-0.4, -0.2) is 85.8 Å². The monoisotopic (exact) mass is 715 g/mol. The fourth-order valence-corrected chi connectivity index (χ4v) is 9.07. The molecule has 4 aliphatic rings. The zero-order valence-corrected chi connectivity index (χ0v) is 29.2. The Morgan fingerprint density at radius 3 is 2.53 bits per heavy atom. The summed E-state index contributed by atoms with van der Waals surface area (Å²) in [7, 11) is 1.53. The summed E-state index contributed by atoms with van der Waals surface area (Å²) < 4.78 is 27.6. The number of ether oxygens (including phenoxy) is 1. The molecule has 2 N–H and O–H groups in total. The number of carbonyl (C=O) groups is 2. The predicted molar refractivity (Wildman–Crippen MR) is 189 cm³/mol. The molecule has 15 heteroatoms. The van der Waals surface area contributed by atoms with Crippen molar-refractivity contribution in [3.05, 3.63) is 58.3 Å². The number of anilines is 1. The average molecular weight is 716 g/mol. The van der Waals surface area contributed by atoms with Crippen molar-refractivity contribution in [2.45, 2.75) is 69.6 Å². The molecule has 3 saturated carbocycles. The number of hydrogen-bond donors (Lipinski definition) is 2. The molecule has 3 aliphatic carbocycles. The molecule has 0 spiro atoms. The number of fused-ring (bicyclic) bond motifs is 5. The molecule has 0 radical (unpaired) electrons. The Balaban J connectivity index is 1.14. The Bertz CT molecular complexity index is 2220. The average Bonchev–Trinajstić information content (AvgIpc) is 3.82. The summed E-state index contributed by atoms with van der Waals surface area (Å²) in [6, 6.07) is 6.57. The Labute approximate surface area is 296 Å². The van der Waals surface area contributed by atoms with Crippen molar-refractivity contribution in [3.8, 4) is 22.2 Å². The summed E-state index contributed by atoms with van der Waals surface area (Å²) in [5, 5.41) is 14.4.